The minimum Gasteiger partial charge on any atom is -0.344 e. The Morgan fingerprint density at radius 3 is 2.50 bits per heavy atom. The fourth-order valence-corrected chi connectivity index (χ4v) is 3.08. The van der Waals surface area contributed by atoms with Gasteiger partial charge in [0.15, 0.2) is 0 Å². The Bertz CT molecular complexity index is 413. The summed E-state index contributed by atoms with van der Waals surface area (Å²) >= 11 is 10.7. The van der Waals surface area contributed by atoms with Gasteiger partial charge in [0.2, 0.25) is 0 Å². The maximum atomic E-state index is 5.50. The van der Waals surface area contributed by atoms with Crippen molar-refractivity contribution < 1.29 is 0 Å². The van der Waals surface area contributed by atoms with Crippen LogP contribution in [-0.2, 0) is 5.41 Å². The van der Waals surface area contributed by atoms with E-state index >= 15 is 0 Å². The van der Waals surface area contributed by atoms with Gasteiger partial charge in [0.05, 0.1) is 9.98 Å². The SMILES string of the molecule is CCC1(c2ccccc2)CCC(=S)NC1=S. The van der Waals surface area contributed by atoms with E-state index in [1.54, 1.807) is 0 Å². The molecule has 1 N–H and O–H groups in total. The topological polar surface area (TPSA) is 12.0 Å². The number of thiocarbonyl (C=S) groups is 2. The van der Waals surface area contributed by atoms with Gasteiger partial charge in [-0.15, -0.1) is 0 Å². The summed E-state index contributed by atoms with van der Waals surface area (Å²) in [6.45, 7) is 2.19. The quantitative estimate of drug-likeness (QED) is 0.807. The van der Waals surface area contributed by atoms with Crippen molar-refractivity contribution in [2.75, 3.05) is 0 Å². The van der Waals surface area contributed by atoms with Gasteiger partial charge in [-0.1, -0.05) is 61.7 Å². The van der Waals surface area contributed by atoms with Crippen molar-refractivity contribution in [2.45, 2.75) is 31.6 Å². The van der Waals surface area contributed by atoms with Crippen LogP contribution in [-0.4, -0.2) is 9.98 Å². The zero-order chi connectivity index (χ0) is 11.6. The van der Waals surface area contributed by atoms with E-state index in [1.165, 1.54) is 5.56 Å². The third-order valence-electron chi connectivity index (χ3n) is 3.40. The molecule has 1 aliphatic rings. The fraction of sp³-hybridized carbons (Fsp3) is 0.385. The van der Waals surface area contributed by atoms with Crippen LogP contribution in [0.3, 0.4) is 0 Å². The molecule has 0 amide bonds. The number of hydrogen-bond donors (Lipinski definition) is 1. The molecular weight excluding hydrogens is 234 g/mol. The van der Waals surface area contributed by atoms with E-state index in [0.29, 0.717) is 0 Å². The van der Waals surface area contributed by atoms with Crippen molar-refractivity contribution in [3.8, 4) is 0 Å². The zero-order valence-electron chi connectivity index (χ0n) is 9.32. The van der Waals surface area contributed by atoms with Gasteiger partial charge in [-0.25, -0.2) is 0 Å². The Morgan fingerprint density at radius 2 is 1.94 bits per heavy atom. The maximum Gasteiger partial charge on any atom is 0.0908 e. The Labute approximate surface area is 107 Å². The Balaban J connectivity index is 2.40. The molecular formula is C13H15NS2. The second-order valence-electron chi connectivity index (χ2n) is 4.18. The minimum atomic E-state index is -0.0150. The molecule has 0 spiro atoms. The van der Waals surface area contributed by atoms with Crippen molar-refractivity contribution in [1.29, 1.82) is 0 Å². The highest BCUT2D eigenvalue weighted by Gasteiger charge is 2.38. The molecule has 1 fully saturated rings. The van der Waals surface area contributed by atoms with Crippen LogP contribution in [0.15, 0.2) is 30.3 Å². The van der Waals surface area contributed by atoms with Crippen molar-refractivity contribution in [2.24, 2.45) is 0 Å². The Hall–Kier alpha value is -0.800. The van der Waals surface area contributed by atoms with Crippen LogP contribution in [0.1, 0.15) is 31.7 Å². The molecule has 0 aliphatic carbocycles. The van der Waals surface area contributed by atoms with Crippen molar-refractivity contribution in [3.05, 3.63) is 35.9 Å². The number of piperidine rings is 1. The highest BCUT2D eigenvalue weighted by atomic mass is 32.1. The molecule has 1 unspecified atom stereocenters. The molecule has 1 saturated heterocycles. The maximum absolute atomic E-state index is 5.50. The van der Waals surface area contributed by atoms with Crippen LogP contribution in [0.2, 0.25) is 0 Å². The largest absolute Gasteiger partial charge is 0.344 e. The zero-order valence-corrected chi connectivity index (χ0v) is 11.0. The molecule has 1 atom stereocenters. The number of rotatable bonds is 2. The summed E-state index contributed by atoms with van der Waals surface area (Å²) in [5.41, 5.74) is 1.29. The predicted octanol–water partition coefficient (Wildman–Crippen LogP) is 3.37. The molecule has 84 valence electrons. The van der Waals surface area contributed by atoms with E-state index in [4.69, 9.17) is 24.4 Å². The molecule has 0 saturated carbocycles. The summed E-state index contributed by atoms with van der Waals surface area (Å²) in [5.74, 6) is 0. The molecule has 3 heteroatoms. The van der Waals surface area contributed by atoms with Gasteiger partial charge >= 0.3 is 0 Å². The summed E-state index contributed by atoms with van der Waals surface area (Å²) in [7, 11) is 0. The highest BCUT2D eigenvalue weighted by Crippen LogP contribution is 2.36. The lowest BCUT2D eigenvalue weighted by Gasteiger charge is -2.38. The summed E-state index contributed by atoms with van der Waals surface area (Å²) in [4.78, 5) is 1.77. The molecule has 16 heavy (non-hydrogen) atoms. The predicted molar refractivity (Wildman–Crippen MR) is 76.0 cm³/mol. The summed E-state index contributed by atoms with van der Waals surface area (Å²) in [5, 5.41) is 3.18. The van der Waals surface area contributed by atoms with E-state index in [1.807, 2.05) is 6.07 Å². The second kappa shape index (κ2) is 4.60. The molecule has 1 heterocycles. The third-order valence-corrected chi connectivity index (χ3v) is 4.20. The highest BCUT2D eigenvalue weighted by molar-refractivity contribution is 7.82. The lowest BCUT2D eigenvalue weighted by Crippen LogP contribution is -2.49. The lowest BCUT2D eigenvalue weighted by molar-refractivity contribution is 0.504. The van der Waals surface area contributed by atoms with Gasteiger partial charge in [-0.3, -0.25) is 0 Å². The van der Waals surface area contributed by atoms with E-state index in [9.17, 15) is 0 Å². The van der Waals surface area contributed by atoms with Crippen LogP contribution in [0.5, 0.6) is 0 Å². The Kier molecular flexibility index (Phi) is 3.36. The second-order valence-corrected chi connectivity index (χ2v) is 5.08. The van der Waals surface area contributed by atoms with Gasteiger partial charge in [-0.05, 0) is 24.8 Å². The lowest BCUT2D eigenvalue weighted by atomic mass is 9.72. The summed E-state index contributed by atoms with van der Waals surface area (Å²) in [6, 6.07) is 10.5. The molecule has 0 bridgehead atoms. The van der Waals surface area contributed by atoms with Crippen LogP contribution >= 0.6 is 24.4 Å². The number of benzene rings is 1. The normalized spacial score (nSPS) is 25.3. The van der Waals surface area contributed by atoms with Crippen molar-refractivity contribution >= 4 is 34.4 Å². The molecule has 1 aromatic carbocycles. The van der Waals surface area contributed by atoms with Crippen molar-refractivity contribution in [3.63, 3.8) is 0 Å². The van der Waals surface area contributed by atoms with E-state index in [2.05, 4.69) is 36.5 Å². The van der Waals surface area contributed by atoms with Crippen LogP contribution < -0.4 is 5.32 Å². The van der Waals surface area contributed by atoms with Crippen LogP contribution in [0.4, 0.5) is 0 Å². The number of hydrogen-bond acceptors (Lipinski definition) is 2. The first-order valence-electron chi connectivity index (χ1n) is 5.59. The minimum absolute atomic E-state index is 0.0150. The molecule has 2 rings (SSSR count). The molecule has 0 radical (unpaired) electrons. The number of nitrogens with one attached hydrogen (secondary N) is 1. The third kappa shape index (κ3) is 1.89. The molecule has 1 aliphatic heterocycles. The standard InChI is InChI=1S/C13H15NS2/c1-2-13(10-6-4-3-5-7-10)9-8-11(15)14-12(13)16/h3-7H,2,8-9H2,1H3,(H,14,15,16). The molecule has 1 aromatic rings. The first-order chi connectivity index (χ1) is 7.69. The van der Waals surface area contributed by atoms with Gasteiger partial charge in [-0.2, -0.15) is 0 Å². The monoisotopic (exact) mass is 249 g/mol. The van der Waals surface area contributed by atoms with Gasteiger partial charge in [0, 0.05) is 5.41 Å². The first kappa shape index (κ1) is 11.7. The summed E-state index contributed by atoms with van der Waals surface area (Å²) < 4.78 is 0. The Morgan fingerprint density at radius 1 is 1.25 bits per heavy atom. The van der Waals surface area contributed by atoms with Gasteiger partial charge in [0.1, 0.15) is 0 Å². The fourth-order valence-electron chi connectivity index (χ4n) is 2.32. The molecule has 0 aromatic heterocycles. The van der Waals surface area contributed by atoms with Crippen LogP contribution in [0, 0.1) is 0 Å². The van der Waals surface area contributed by atoms with E-state index in [-0.39, 0.29) is 5.41 Å². The summed E-state index contributed by atoms with van der Waals surface area (Å²) in [6.07, 6.45) is 2.97. The van der Waals surface area contributed by atoms with Gasteiger partial charge < -0.3 is 5.32 Å². The average molecular weight is 249 g/mol. The smallest absolute Gasteiger partial charge is 0.0908 e. The average Bonchev–Trinajstić information content (AvgIpc) is 2.31. The van der Waals surface area contributed by atoms with Gasteiger partial charge in [0.25, 0.3) is 0 Å². The van der Waals surface area contributed by atoms with E-state index < -0.39 is 0 Å². The first-order valence-corrected chi connectivity index (χ1v) is 6.40. The molecule has 1 nitrogen and oxygen atoms in total. The van der Waals surface area contributed by atoms with Crippen LogP contribution in [0.25, 0.3) is 0 Å². The van der Waals surface area contributed by atoms with Crippen molar-refractivity contribution in [1.82, 2.24) is 5.32 Å². The van der Waals surface area contributed by atoms with E-state index in [0.717, 1.165) is 29.2 Å².